The number of thiophene rings is 1. The fraction of sp³-hybridized carbons (Fsp3) is 0.425. The molecule has 47 heavy (non-hydrogen) atoms. The Morgan fingerprint density at radius 2 is 1.55 bits per heavy atom. The molecule has 0 saturated heterocycles. The largest absolute Gasteiger partial charge is 0.512 e. The van der Waals surface area contributed by atoms with Crippen LogP contribution in [0, 0.1) is 17.9 Å². The summed E-state index contributed by atoms with van der Waals surface area (Å²) in [6.07, 6.45) is 6.61. The van der Waals surface area contributed by atoms with Crippen LogP contribution in [0.2, 0.25) is 19.6 Å². The maximum atomic E-state index is 11.7. The van der Waals surface area contributed by atoms with Gasteiger partial charge in [0.15, 0.2) is 5.78 Å². The molecule has 5 rings (SSSR count). The van der Waals surface area contributed by atoms with Crippen LogP contribution in [0.15, 0.2) is 66.7 Å². The van der Waals surface area contributed by atoms with E-state index in [4.69, 9.17) is 4.98 Å². The SMILES string of the molecule is CC(C)(C)c1ccc2c(c1)sc1c(-c3[c-]c4ccccc4c([Si](C)(C)C)c3)ncnc12.CCC(CC)C(=O)/C=C(\O)C(CC)CC.[Ir]. The van der Waals surface area contributed by atoms with Gasteiger partial charge in [-0.25, -0.2) is 4.98 Å². The van der Waals surface area contributed by atoms with Gasteiger partial charge in [-0.05, 0) is 42.7 Å². The van der Waals surface area contributed by atoms with E-state index < -0.39 is 8.07 Å². The molecule has 0 saturated carbocycles. The third-order valence-electron chi connectivity index (χ3n) is 9.04. The number of fused-ring (bicyclic) bond motifs is 4. The quantitative estimate of drug-likeness (QED) is 0.0695. The Morgan fingerprint density at radius 3 is 2.15 bits per heavy atom. The van der Waals surface area contributed by atoms with Crippen LogP contribution in [0.25, 0.3) is 42.3 Å². The minimum atomic E-state index is -1.55. The van der Waals surface area contributed by atoms with Crippen molar-refractivity contribution in [2.24, 2.45) is 11.8 Å². The number of aliphatic hydroxyl groups excluding tert-OH is 1. The molecule has 1 N–H and O–H groups in total. The third-order valence-corrected chi connectivity index (χ3v) is 12.2. The van der Waals surface area contributed by atoms with E-state index in [1.807, 2.05) is 27.7 Å². The zero-order valence-corrected chi connectivity index (χ0v) is 34.0. The summed E-state index contributed by atoms with van der Waals surface area (Å²) < 4.78 is 2.42. The molecule has 0 bridgehead atoms. The van der Waals surface area contributed by atoms with E-state index in [1.165, 1.54) is 37.7 Å². The number of nitrogens with zero attached hydrogens (tertiary/aromatic N) is 2. The van der Waals surface area contributed by atoms with Crippen molar-refractivity contribution >= 4 is 61.5 Å². The van der Waals surface area contributed by atoms with Gasteiger partial charge < -0.3 is 5.11 Å². The number of ketones is 1. The normalized spacial score (nSPS) is 12.5. The molecule has 0 spiro atoms. The van der Waals surface area contributed by atoms with Crippen LogP contribution in [0.4, 0.5) is 0 Å². The topological polar surface area (TPSA) is 63.1 Å². The minimum absolute atomic E-state index is 0. The van der Waals surface area contributed by atoms with Crippen molar-refractivity contribution in [3.05, 3.63) is 78.3 Å². The molecule has 7 heteroatoms. The molecule has 253 valence electrons. The molecule has 2 heterocycles. The molecule has 0 aliphatic heterocycles. The van der Waals surface area contributed by atoms with E-state index >= 15 is 0 Å². The summed E-state index contributed by atoms with van der Waals surface area (Å²) in [6, 6.07) is 21.4. The van der Waals surface area contributed by atoms with E-state index in [0.29, 0.717) is 0 Å². The average molecular weight is 844 g/mol. The zero-order valence-electron chi connectivity index (χ0n) is 29.7. The van der Waals surface area contributed by atoms with E-state index in [2.05, 4.69) is 100.0 Å². The molecule has 0 unspecified atom stereocenters. The van der Waals surface area contributed by atoms with Crippen molar-refractivity contribution in [3.63, 3.8) is 0 Å². The second-order valence-corrected chi connectivity index (χ2v) is 20.4. The number of aliphatic hydroxyl groups is 1. The Kier molecular flexibility index (Phi) is 13.3. The predicted molar refractivity (Wildman–Crippen MR) is 202 cm³/mol. The van der Waals surface area contributed by atoms with Crippen molar-refractivity contribution in [2.75, 3.05) is 0 Å². The zero-order chi connectivity index (χ0) is 33.8. The van der Waals surface area contributed by atoms with Gasteiger partial charge in [0, 0.05) is 58.5 Å². The molecule has 0 aliphatic carbocycles. The van der Waals surface area contributed by atoms with Crippen LogP contribution in [0.5, 0.6) is 0 Å². The van der Waals surface area contributed by atoms with Crippen molar-refractivity contribution in [1.82, 2.24) is 9.97 Å². The summed E-state index contributed by atoms with van der Waals surface area (Å²) in [4.78, 5) is 21.1. The number of benzene rings is 3. The molecule has 0 fully saturated rings. The second kappa shape index (κ2) is 16.1. The number of carbonyl (C=O) groups excluding carboxylic acids is 1. The number of aromatic nitrogens is 2. The van der Waals surface area contributed by atoms with E-state index in [9.17, 15) is 9.90 Å². The van der Waals surface area contributed by atoms with Gasteiger partial charge in [0.1, 0.15) is 6.33 Å². The molecular weight excluding hydrogens is 793 g/mol. The van der Waals surface area contributed by atoms with E-state index in [-0.39, 0.29) is 48.9 Å². The number of rotatable bonds is 9. The van der Waals surface area contributed by atoms with Crippen molar-refractivity contribution in [3.8, 4) is 11.3 Å². The first kappa shape index (κ1) is 38.7. The first-order chi connectivity index (χ1) is 21.7. The smallest absolute Gasteiger partial charge is 0.162 e. The number of hydrogen-bond donors (Lipinski definition) is 1. The van der Waals surface area contributed by atoms with Gasteiger partial charge in [-0.15, -0.1) is 40.1 Å². The molecule has 3 aromatic carbocycles. The van der Waals surface area contributed by atoms with Gasteiger partial charge in [-0.3, -0.25) is 9.78 Å². The fourth-order valence-electron chi connectivity index (χ4n) is 5.99. The fourth-order valence-corrected chi connectivity index (χ4v) is 8.79. The van der Waals surface area contributed by atoms with Crippen LogP contribution in [0.3, 0.4) is 0 Å². The average Bonchev–Trinajstić information content (AvgIpc) is 3.39. The van der Waals surface area contributed by atoms with Crippen LogP contribution < -0.4 is 5.19 Å². The Morgan fingerprint density at radius 1 is 0.915 bits per heavy atom. The first-order valence-corrected chi connectivity index (χ1v) is 21.1. The Bertz CT molecular complexity index is 1860. The molecule has 1 radical (unpaired) electrons. The van der Waals surface area contributed by atoms with Gasteiger partial charge in [0.25, 0.3) is 0 Å². The Balaban J connectivity index is 0.000000322. The Labute approximate surface area is 300 Å². The molecular formula is C40H51IrN2O2SSi-. The minimum Gasteiger partial charge on any atom is -0.512 e. The van der Waals surface area contributed by atoms with Gasteiger partial charge >= 0.3 is 0 Å². The maximum Gasteiger partial charge on any atom is 0.162 e. The summed E-state index contributed by atoms with van der Waals surface area (Å²) in [5.41, 5.74) is 4.58. The van der Waals surface area contributed by atoms with Gasteiger partial charge in [-0.1, -0.05) is 109 Å². The monoisotopic (exact) mass is 844 g/mol. The summed E-state index contributed by atoms with van der Waals surface area (Å²) >= 11 is 1.80. The van der Waals surface area contributed by atoms with Crippen LogP contribution in [-0.4, -0.2) is 28.9 Å². The molecule has 4 nitrogen and oxygen atoms in total. The van der Waals surface area contributed by atoms with Gasteiger partial charge in [-0.2, -0.15) is 0 Å². The molecule has 0 atom stereocenters. The third kappa shape index (κ3) is 8.86. The van der Waals surface area contributed by atoms with Crippen LogP contribution in [-0.2, 0) is 30.3 Å². The number of hydrogen-bond acceptors (Lipinski definition) is 5. The van der Waals surface area contributed by atoms with Crippen LogP contribution >= 0.6 is 11.3 Å². The molecule has 0 aliphatic rings. The molecule has 5 aromatic rings. The molecule has 0 amide bonds. The van der Waals surface area contributed by atoms with Gasteiger partial charge in [0.2, 0.25) is 0 Å². The Hall–Kier alpha value is -2.70. The second-order valence-electron chi connectivity index (χ2n) is 14.4. The number of allylic oxidation sites excluding steroid dienone is 2. The van der Waals surface area contributed by atoms with Crippen molar-refractivity contribution in [2.45, 2.75) is 99.2 Å². The summed E-state index contributed by atoms with van der Waals surface area (Å²) in [5.74, 6) is 0.547. The number of carbonyl (C=O) groups is 1. The summed E-state index contributed by atoms with van der Waals surface area (Å²) in [5, 5.41) is 14.9. The first-order valence-electron chi connectivity index (χ1n) is 16.8. The molecule has 2 aromatic heterocycles. The standard InChI is InChI=1S/C27H27N2SSi.C13H24O2.Ir/c1-27(2,3)19-11-12-21-22(15-19)30-26-24(28-16-29-25(21)26)18-13-17-9-7-8-10-20(17)23(14-18)31(4,5)6;1-5-10(6-2)12(14)9-13(15)11(7-3)8-4;/h7-12,14-16H,1-6H3;9-11,14H,5-8H2,1-4H3;/q-1;;/b;12-9-;. The van der Waals surface area contributed by atoms with Crippen molar-refractivity contribution in [1.29, 1.82) is 0 Å². The summed E-state index contributed by atoms with van der Waals surface area (Å²) in [7, 11) is -1.55. The van der Waals surface area contributed by atoms with E-state index in [0.717, 1.165) is 47.2 Å². The predicted octanol–water partition coefficient (Wildman–Crippen LogP) is 11.2. The van der Waals surface area contributed by atoms with Crippen molar-refractivity contribution < 1.29 is 30.0 Å². The van der Waals surface area contributed by atoms with Crippen LogP contribution in [0.1, 0.15) is 79.7 Å². The maximum absolute atomic E-state index is 11.7. The van der Waals surface area contributed by atoms with Gasteiger partial charge in [0.05, 0.1) is 19.3 Å². The van der Waals surface area contributed by atoms with E-state index in [1.54, 1.807) is 17.7 Å². The summed E-state index contributed by atoms with van der Waals surface area (Å²) in [6.45, 7) is 22.1.